The van der Waals surface area contributed by atoms with E-state index >= 15 is 0 Å². The number of carbonyl (C=O) groups excluding carboxylic acids is 1. The largest absolute Gasteiger partial charge is 0.330 e. The number of carbonyl (C=O) groups is 1. The number of fused-ring (bicyclic) bond motifs is 1. The molecule has 1 saturated heterocycles. The number of hydrogen-bond acceptors (Lipinski definition) is 5. The van der Waals surface area contributed by atoms with Crippen LogP contribution in [0.3, 0.4) is 0 Å². The fourth-order valence-corrected chi connectivity index (χ4v) is 4.92. The van der Waals surface area contributed by atoms with Gasteiger partial charge in [-0.2, -0.15) is 0 Å². The molecule has 0 unspecified atom stereocenters. The van der Waals surface area contributed by atoms with Crippen molar-refractivity contribution in [1.82, 2.24) is 25.5 Å². The summed E-state index contributed by atoms with van der Waals surface area (Å²) in [5.41, 5.74) is 2.79. The van der Waals surface area contributed by atoms with Crippen LogP contribution >= 0.6 is 23.2 Å². The number of nitrogens with one attached hydrogen (secondary N) is 3. The summed E-state index contributed by atoms with van der Waals surface area (Å²) in [6, 6.07) is 7.97. The van der Waals surface area contributed by atoms with Crippen LogP contribution in [-0.2, 0) is 13.0 Å². The normalized spacial score (nSPS) is 18.0. The topological polar surface area (TPSA) is 82.2 Å². The minimum Gasteiger partial charge on any atom is -0.330 e. The van der Waals surface area contributed by atoms with E-state index in [2.05, 4.69) is 25.9 Å². The van der Waals surface area contributed by atoms with Crippen LogP contribution in [0, 0.1) is 11.6 Å². The summed E-state index contributed by atoms with van der Waals surface area (Å²) < 4.78 is 27.5. The third-order valence-corrected chi connectivity index (χ3v) is 7.11. The number of hydrogen-bond donors (Lipinski definition) is 3. The molecule has 1 aromatic heterocycles. The van der Waals surface area contributed by atoms with Gasteiger partial charge in [0.05, 0.1) is 34.0 Å². The number of benzene rings is 2. The van der Waals surface area contributed by atoms with E-state index in [4.69, 9.17) is 23.2 Å². The summed E-state index contributed by atoms with van der Waals surface area (Å²) in [6.45, 7) is 1.63. The van der Waals surface area contributed by atoms with Crippen molar-refractivity contribution in [3.63, 3.8) is 0 Å². The number of urea groups is 1. The highest BCUT2D eigenvalue weighted by atomic mass is 35.5. The van der Waals surface area contributed by atoms with E-state index in [1.54, 1.807) is 17.2 Å². The Balaban J connectivity index is 1.31. The molecule has 2 atom stereocenters. The summed E-state index contributed by atoms with van der Waals surface area (Å²) in [6.07, 6.45) is 4.17. The molecule has 3 aromatic rings. The molecule has 5 rings (SSSR count). The first kappa shape index (κ1) is 24.7. The molecule has 2 aliphatic rings. The molecule has 0 bridgehead atoms. The fraction of sp³-hybridized carbons (Fsp3) is 0.320. The minimum absolute atomic E-state index is 0.00909. The van der Waals surface area contributed by atoms with E-state index < -0.39 is 17.7 Å². The molecular weight excluding hydrogens is 509 g/mol. The maximum atomic E-state index is 14.2. The molecule has 0 saturated carbocycles. The fourth-order valence-electron chi connectivity index (χ4n) is 4.59. The van der Waals surface area contributed by atoms with Gasteiger partial charge in [0.15, 0.2) is 0 Å². The smallest absolute Gasteiger partial charge is 0.318 e. The van der Waals surface area contributed by atoms with Crippen LogP contribution in [0.25, 0.3) is 0 Å². The molecule has 0 aliphatic carbocycles. The molecule has 2 amide bonds. The van der Waals surface area contributed by atoms with Gasteiger partial charge in [-0.15, -0.1) is 0 Å². The Morgan fingerprint density at radius 2 is 2.03 bits per heavy atom. The summed E-state index contributed by atoms with van der Waals surface area (Å²) >= 11 is 12.0. The van der Waals surface area contributed by atoms with E-state index in [9.17, 15) is 13.6 Å². The van der Waals surface area contributed by atoms with Gasteiger partial charge in [0.1, 0.15) is 11.6 Å². The number of nitrogens with zero attached hydrogens (tertiary/aromatic N) is 3. The summed E-state index contributed by atoms with van der Waals surface area (Å²) in [7, 11) is 0. The zero-order valence-corrected chi connectivity index (χ0v) is 20.7. The molecule has 36 heavy (non-hydrogen) atoms. The van der Waals surface area contributed by atoms with E-state index in [1.165, 1.54) is 30.3 Å². The van der Waals surface area contributed by atoms with Gasteiger partial charge in [-0.05, 0) is 67.3 Å². The molecule has 3 heterocycles. The molecule has 0 spiro atoms. The van der Waals surface area contributed by atoms with Gasteiger partial charge in [0, 0.05) is 18.8 Å². The number of amides is 2. The van der Waals surface area contributed by atoms with Crippen LogP contribution in [-0.4, -0.2) is 40.0 Å². The molecule has 11 heteroatoms. The summed E-state index contributed by atoms with van der Waals surface area (Å²) in [5.74, 6) is -0.656. The van der Waals surface area contributed by atoms with Gasteiger partial charge in [0.2, 0.25) is 5.95 Å². The number of rotatable bonds is 5. The Labute approximate surface area is 217 Å². The maximum Gasteiger partial charge on any atom is 0.318 e. The Morgan fingerprint density at radius 1 is 1.17 bits per heavy atom. The zero-order valence-electron chi connectivity index (χ0n) is 19.2. The lowest BCUT2D eigenvalue weighted by Gasteiger charge is -2.32. The highest BCUT2D eigenvalue weighted by Gasteiger charge is 2.31. The van der Waals surface area contributed by atoms with Crippen LogP contribution in [0.1, 0.15) is 35.7 Å². The Hall–Kier alpha value is -3.01. The van der Waals surface area contributed by atoms with Crippen molar-refractivity contribution in [2.45, 2.75) is 37.9 Å². The Morgan fingerprint density at radius 3 is 2.78 bits per heavy atom. The van der Waals surface area contributed by atoms with Crippen LogP contribution in [0.5, 0.6) is 0 Å². The first-order valence-electron chi connectivity index (χ1n) is 11.7. The van der Waals surface area contributed by atoms with Gasteiger partial charge >= 0.3 is 6.03 Å². The monoisotopic (exact) mass is 532 g/mol. The van der Waals surface area contributed by atoms with Gasteiger partial charge in [-0.1, -0.05) is 29.3 Å². The molecule has 188 valence electrons. The van der Waals surface area contributed by atoms with Crippen molar-refractivity contribution in [2.24, 2.45) is 0 Å². The second-order valence-corrected chi connectivity index (χ2v) is 9.70. The first-order valence-corrected chi connectivity index (χ1v) is 12.4. The van der Waals surface area contributed by atoms with Gasteiger partial charge in [-0.3, -0.25) is 0 Å². The van der Waals surface area contributed by atoms with Crippen molar-refractivity contribution in [1.29, 1.82) is 0 Å². The second-order valence-electron chi connectivity index (χ2n) is 8.89. The van der Waals surface area contributed by atoms with Gasteiger partial charge in [0.25, 0.3) is 0 Å². The Bertz CT molecular complexity index is 1290. The summed E-state index contributed by atoms with van der Waals surface area (Å²) in [4.78, 5) is 23.9. The molecule has 2 aliphatic heterocycles. The van der Waals surface area contributed by atoms with Crippen molar-refractivity contribution >= 4 is 40.9 Å². The predicted molar refractivity (Wildman–Crippen MR) is 135 cm³/mol. The molecular formula is C25H24Cl2F2N6O. The SMILES string of the molecule is O=C(N[C@@H](c1ccc(Cl)c(F)c1)[C@@H]1CCCN1)N1CCc2cnc(Nc3ccc(F)cc3Cl)nc2C1. The van der Waals surface area contributed by atoms with E-state index in [1.807, 2.05) is 0 Å². The van der Waals surface area contributed by atoms with Crippen LogP contribution in [0.15, 0.2) is 42.6 Å². The lowest BCUT2D eigenvalue weighted by molar-refractivity contribution is 0.184. The highest BCUT2D eigenvalue weighted by Crippen LogP contribution is 2.28. The lowest BCUT2D eigenvalue weighted by Crippen LogP contribution is -2.48. The summed E-state index contributed by atoms with van der Waals surface area (Å²) in [5, 5.41) is 9.75. The first-order chi connectivity index (χ1) is 17.4. The van der Waals surface area contributed by atoms with Crippen molar-refractivity contribution < 1.29 is 13.6 Å². The van der Waals surface area contributed by atoms with Crippen molar-refractivity contribution in [3.05, 3.63) is 81.1 Å². The van der Waals surface area contributed by atoms with Crippen LogP contribution < -0.4 is 16.0 Å². The van der Waals surface area contributed by atoms with Gasteiger partial charge in [-0.25, -0.2) is 23.5 Å². The second kappa shape index (κ2) is 10.5. The molecule has 7 nitrogen and oxygen atoms in total. The lowest BCUT2D eigenvalue weighted by atomic mass is 9.98. The standard InChI is InChI=1S/C25H24Cl2F2N6O/c26-17-5-3-14(10-19(17)29)23(21-2-1-8-30-21)34-25(36)35-9-7-15-12-31-24(33-22(15)13-35)32-20-6-4-16(28)11-18(20)27/h3-6,10-12,21,23,30H,1-2,7-9,13H2,(H,34,36)(H,31,32,33)/t21-,23-/m0/s1. The van der Waals surface area contributed by atoms with E-state index in [-0.39, 0.29) is 28.7 Å². The third-order valence-electron chi connectivity index (χ3n) is 6.49. The quantitative estimate of drug-likeness (QED) is 0.411. The van der Waals surface area contributed by atoms with Gasteiger partial charge < -0.3 is 20.9 Å². The van der Waals surface area contributed by atoms with E-state index in [0.29, 0.717) is 35.9 Å². The average molecular weight is 533 g/mol. The maximum absolute atomic E-state index is 14.2. The third kappa shape index (κ3) is 5.38. The average Bonchev–Trinajstić information content (AvgIpc) is 3.40. The number of halogens is 4. The molecule has 2 aromatic carbocycles. The molecule has 0 radical (unpaired) electrons. The van der Waals surface area contributed by atoms with E-state index in [0.717, 1.165) is 24.9 Å². The minimum atomic E-state index is -0.517. The number of aromatic nitrogens is 2. The molecule has 1 fully saturated rings. The van der Waals surface area contributed by atoms with Crippen molar-refractivity contribution in [3.8, 4) is 0 Å². The zero-order chi connectivity index (χ0) is 25.2. The number of anilines is 2. The Kier molecular flexibility index (Phi) is 7.22. The highest BCUT2D eigenvalue weighted by molar-refractivity contribution is 6.33. The molecule has 3 N–H and O–H groups in total. The van der Waals surface area contributed by atoms with Crippen molar-refractivity contribution in [2.75, 3.05) is 18.4 Å². The van der Waals surface area contributed by atoms with Crippen LogP contribution in [0.4, 0.5) is 25.2 Å². The predicted octanol–water partition coefficient (Wildman–Crippen LogP) is 5.37. The van der Waals surface area contributed by atoms with Crippen LogP contribution in [0.2, 0.25) is 10.0 Å².